The largest absolute Gasteiger partial charge is 0.489 e. The second kappa shape index (κ2) is 8.84. The average molecular weight is 455 g/mol. The van der Waals surface area contributed by atoms with Crippen molar-refractivity contribution in [2.75, 3.05) is 7.11 Å². The number of esters is 1. The van der Waals surface area contributed by atoms with Gasteiger partial charge in [0.1, 0.15) is 18.1 Å². The molecule has 0 aromatic heterocycles. The molecular formula is C24H16Cl2O5. The fraction of sp³-hybridized carbons (Fsp3) is 0.0833. The van der Waals surface area contributed by atoms with Gasteiger partial charge in [0.05, 0.1) is 18.2 Å². The van der Waals surface area contributed by atoms with Crippen LogP contribution in [-0.4, -0.2) is 18.9 Å². The van der Waals surface area contributed by atoms with Crippen molar-refractivity contribution < 1.29 is 23.8 Å². The minimum Gasteiger partial charge on any atom is -0.489 e. The number of methoxy groups -OCH3 is 1. The number of halogens is 2. The van der Waals surface area contributed by atoms with Gasteiger partial charge >= 0.3 is 5.97 Å². The third-order valence-electron chi connectivity index (χ3n) is 4.70. The molecule has 31 heavy (non-hydrogen) atoms. The van der Waals surface area contributed by atoms with Crippen LogP contribution in [0.15, 0.2) is 66.4 Å². The van der Waals surface area contributed by atoms with E-state index in [1.54, 1.807) is 60.7 Å². The number of hydrogen-bond acceptors (Lipinski definition) is 5. The van der Waals surface area contributed by atoms with E-state index in [1.807, 2.05) is 0 Å². The van der Waals surface area contributed by atoms with E-state index in [0.29, 0.717) is 38.2 Å². The molecule has 0 fully saturated rings. The Bertz CT molecular complexity index is 1180. The molecule has 0 aliphatic carbocycles. The fourth-order valence-corrected chi connectivity index (χ4v) is 3.56. The molecule has 7 heteroatoms. The van der Waals surface area contributed by atoms with Crippen molar-refractivity contribution in [3.8, 4) is 11.5 Å². The Hall–Kier alpha value is -3.28. The maximum absolute atomic E-state index is 12.7. The van der Waals surface area contributed by atoms with E-state index < -0.39 is 5.97 Å². The lowest BCUT2D eigenvalue weighted by molar-refractivity contribution is 0.0600. The molecular weight excluding hydrogens is 439 g/mol. The maximum Gasteiger partial charge on any atom is 0.337 e. The van der Waals surface area contributed by atoms with Crippen LogP contribution < -0.4 is 9.47 Å². The molecule has 5 nitrogen and oxygen atoms in total. The molecule has 0 saturated carbocycles. The minimum atomic E-state index is -0.394. The SMILES string of the molecule is COC(=O)c1ccc(COc2ccc3c(c2)O/C(=C\c2c(Cl)cccc2Cl)C3=O)cc1. The molecule has 0 spiro atoms. The number of allylic oxidation sites excluding steroid dienone is 1. The summed E-state index contributed by atoms with van der Waals surface area (Å²) < 4.78 is 16.2. The standard InChI is InChI=1S/C24H16Cl2O5/c1-29-24(28)15-7-5-14(6-8-15)13-30-16-9-10-17-21(11-16)31-22(23(17)27)12-18-19(25)3-2-4-20(18)26/h2-12H,13H2,1H3/b22-12-. The Labute approximate surface area is 188 Å². The first-order valence-electron chi connectivity index (χ1n) is 9.28. The second-order valence-electron chi connectivity index (χ2n) is 6.71. The van der Waals surface area contributed by atoms with Crippen molar-refractivity contribution in [3.05, 3.63) is 98.7 Å². The monoisotopic (exact) mass is 454 g/mol. The molecule has 0 amide bonds. The zero-order chi connectivity index (χ0) is 22.0. The number of fused-ring (bicyclic) bond motifs is 1. The zero-order valence-corrected chi connectivity index (χ0v) is 17.9. The van der Waals surface area contributed by atoms with Crippen LogP contribution in [-0.2, 0) is 11.3 Å². The quantitative estimate of drug-likeness (QED) is 0.350. The van der Waals surface area contributed by atoms with Gasteiger partial charge in [-0.25, -0.2) is 4.79 Å². The topological polar surface area (TPSA) is 61.8 Å². The molecule has 1 aliphatic rings. The van der Waals surface area contributed by atoms with Crippen molar-refractivity contribution in [1.29, 1.82) is 0 Å². The minimum absolute atomic E-state index is 0.139. The van der Waals surface area contributed by atoms with Crippen LogP contribution in [0.1, 0.15) is 31.8 Å². The third kappa shape index (κ3) is 4.43. The maximum atomic E-state index is 12.7. The molecule has 0 radical (unpaired) electrons. The predicted octanol–water partition coefficient (Wildman–Crippen LogP) is 5.98. The summed E-state index contributed by atoms with van der Waals surface area (Å²) in [5, 5.41) is 0.851. The van der Waals surface area contributed by atoms with E-state index in [0.717, 1.165) is 5.56 Å². The summed E-state index contributed by atoms with van der Waals surface area (Å²) in [7, 11) is 1.34. The van der Waals surface area contributed by atoms with Gasteiger partial charge < -0.3 is 14.2 Å². The van der Waals surface area contributed by atoms with E-state index in [9.17, 15) is 9.59 Å². The molecule has 0 saturated heterocycles. The van der Waals surface area contributed by atoms with Gasteiger partial charge in [0.15, 0.2) is 5.76 Å². The smallest absolute Gasteiger partial charge is 0.337 e. The number of ether oxygens (including phenoxy) is 3. The zero-order valence-electron chi connectivity index (χ0n) is 16.4. The summed E-state index contributed by atoms with van der Waals surface area (Å²) in [5.41, 5.74) is 2.30. The van der Waals surface area contributed by atoms with Gasteiger partial charge in [-0.3, -0.25) is 4.79 Å². The summed E-state index contributed by atoms with van der Waals surface area (Å²) in [6.07, 6.45) is 1.54. The molecule has 1 aliphatic heterocycles. The summed E-state index contributed by atoms with van der Waals surface area (Å²) in [6.45, 7) is 0.284. The van der Waals surface area contributed by atoms with E-state index in [2.05, 4.69) is 4.74 Å². The van der Waals surface area contributed by atoms with Crippen molar-refractivity contribution in [3.63, 3.8) is 0 Å². The van der Waals surface area contributed by atoms with E-state index >= 15 is 0 Å². The lowest BCUT2D eigenvalue weighted by atomic mass is 10.1. The van der Waals surface area contributed by atoms with E-state index in [1.165, 1.54) is 13.2 Å². The van der Waals surface area contributed by atoms with Crippen LogP contribution in [0.4, 0.5) is 0 Å². The third-order valence-corrected chi connectivity index (χ3v) is 5.36. The molecule has 156 valence electrons. The number of Topliss-reactive ketones (excluding diaryl/α,β-unsaturated/α-hetero) is 1. The Kier molecular flexibility index (Phi) is 5.98. The van der Waals surface area contributed by atoms with Gasteiger partial charge in [0.2, 0.25) is 5.78 Å². The number of hydrogen-bond donors (Lipinski definition) is 0. The van der Waals surface area contributed by atoms with E-state index in [-0.39, 0.29) is 18.1 Å². The highest BCUT2D eigenvalue weighted by atomic mass is 35.5. The van der Waals surface area contributed by atoms with Crippen LogP contribution in [0.5, 0.6) is 11.5 Å². The van der Waals surface area contributed by atoms with Crippen LogP contribution >= 0.6 is 23.2 Å². The Morgan fingerprint density at radius 1 is 1.03 bits per heavy atom. The fourth-order valence-electron chi connectivity index (χ4n) is 3.06. The van der Waals surface area contributed by atoms with Crippen LogP contribution in [0, 0.1) is 0 Å². The molecule has 0 bridgehead atoms. The molecule has 4 rings (SSSR count). The number of carbonyl (C=O) groups excluding carboxylic acids is 2. The first kappa shape index (κ1) is 21.0. The molecule has 0 atom stereocenters. The second-order valence-corrected chi connectivity index (χ2v) is 7.52. The molecule has 0 N–H and O–H groups in total. The van der Waals surface area contributed by atoms with Gasteiger partial charge in [-0.1, -0.05) is 41.4 Å². The first-order chi connectivity index (χ1) is 15.0. The highest BCUT2D eigenvalue weighted by Gasteiger charge is 2.28. The lowest BCUT2D eigenvalue weighted by Gasteiger charge is -2.08. The Morgan fingerprint density at radius 2 is 1.74 bits per heavy atom. The average Bonchev–Trinajstić information content (AvgIpc) is 3.09. The molecule has 0 unspecified atom stereocenters. The van der Waals surface area contributed by atoms with Crippen molar-refractivity contribution in [2.45, 2.75) is 6.61 Å². The van der Waals surface area contributed by atoms with Crippen LogP contribution in [0.25, 0.3) is 6.08 Å². The number of rotatable bonds is 5. The van der Waals surface area contributed by atoms with Gasteiger partial charge in [-0.2, -0.15) is 0 Å². The molecule has 3 aromatic rings. The lowest BCUT2D eigenvalue weighted by Crippen LogP contribution is -2.02. The summed E-state index contributed by atoms with van der Waals surface area (Å²) >= 11 is 12.4. The highest BCUT2D eigenvalue weighted by molar-refractivity contribution is 6.37. The summed E-state index contributed by atoms with van der Waals surface area (Å²) in [4.78, 5) is 24.2. The van der Waals surface area contributed by atoms with Crippen molar-refractivity contribution in [2.24, 2.45) is 0 Å². The highest BCUT2D eigenvalue weighted by Crippen LogP contribution is 2.36. The van der Waals surface area contributed by atoms with Crippen molar-refractivity contribution in [1.82, 2.24) is 0 Å². The summed E-state index contributed by atoms with van der Waals surface area (Å²) in [6, 6.07) is 17.0. The first-order valence-corrected chi connectivity index (χ1v) is 10.0. The normalized spacial score (nSPS) is 13.6. The van der Waals surface area contributed by atoms with Gasteiger partial charge in [-0.05, 0) is 48.0 Å². The Morgan fingerprint density at radius 3 is 2.42 bits per heavy atom. The number of benzene rings is 3. The predicted molar refractivity (Wildman–Crippen MR) is 118 cm³/mol. The molecule has 3 aromatic carbocycles. The van der Waals surface area contributed by atoms with Gasteiger partial charge in [-0.15, -0.1) is 0 Å². The van der Waals surface area contributed by atoms with Crippen molar-refractivity contribution >= 4 is 41.0 Å². The number of carbonyl (C=O) groups is 2. The van der Waals surface area contributed by atoms with Gasteiger partial charge in [0.25, 0.3) is 0 Å². The molecule has 1 heterocycles. The summed E-state index contributed by atoms with van der Waals surface area (Å²) in [5.74, 6) is 0.435. The van der Waals surface area contributed by atoms with Gasteiger partial charge in [0, 0.05) is 21.7 Å². The van der Waals surface area contributed by atoms with Crippen LogP contribution in [0.3, 0.4) is 0 Å². The van der Waals surface area contributed by atoms with E-state index in [4.69, 9.17) is 32.7 Å². The number of ketones is 1. The Balaban J connectivity index is 1.48. The van der Waals surface area contributed by atoms with Crippen LogP contribution in [0.2, 0.25) is 10.0 Å².